The molecule has 2 N–H and O–H groups in total. The van der Waals surface area contributed by atoms with Gasteiger partial charge in [0, 0.05) is 24.1 Å². The van der Waals surface area contributed by atoms with Gasteiger partial charge >= 0.3 is 0 Å². The van der Waals surface area contributed by atoms with Crippen LogP contribution in [0.15, 0.2) is 28.7 Å². The summed E-state index contributed by atoms with van der Waals surface area (Å²) in [7, 11) is 0. The summed E-state index contributed by atoms with van der Waals surface area (Å²) in [6.45, 7) is 2.50. The van der Waals surface area contributed by atoms with Gasteiger partial charge in [-0.3, -0.25) is 4.79 Å². The molecule has 1 aromatic carbocycles. The van der Waals surface area contributed by atoms with Crippen LogP contribution in [0.2, 0.25) is 0 Å². The second kappa shape index (κ2) is 6.14. The van der Waals surface area contributed by atoms with Gasteiger partial charge in [0.1, 0.15) is 6.10 Å². The van der Waals surface area contributed by atoms with Crippen LogP contribution in [0.25, 0.3) is 0 Å². The van der Waals surface area contributed by atoms with E-state index in [1.165, 1.54) is 0 Å². The molecule has 0 aliphatic carbocycles. The summed E-state index contributed by atoms with van der Waals surface area (Å²) in [6, 6.07) is 7.83. The van der Waals surface area contributed by atoms with Crippen molar-refractivity contribution in [2.75, 3.05) is 19.7 Å². The standard InChI is InChI=1S/C12H15BrN2O2/c13-10-4-2-1-3-9(10)7-15-12(16)11-8-14-5-6-17-11/h1-4,11,14H,5-8H2,(H,15,16). The highest BCUT2D eigenvalue weighted by Gasteiger charge is 2.21. The zero-order valence-corrected chi connectivity index (χ0v) is 11.0. The van der Waals surface area contributed by atoms with Crippen LogP contribution in [0.5, 0.6) is 0 Å². The summed E-state index contributed by atoms with van der Waals surface area (Å²) < 4.78 is 6.37. The van der Waals surface area contributed by atoms with Crippen LogP contribution >= 0.6 is 15.9 Å². The van der Waals surface area contributed by atoms with Gasteiger partial charge in [0.25, 0.3) is 5.91 Å². The fourth-order valence-corrected chi connectivity index (χ4v) is 2.10. The number of hydrogen-bond acceptors (Lipinski definition) is 3. The van der Waals surface area contributed by atoms with Gasteiger partial charge in [0.05, 0.1) is 6.61 Å². The molecular formula is C12H15BrN2O2. The SMILES string of the molecule is O=C(NCc1ccccc1Br)C1CNCCO1. The van der Waals surface area contributed by atoms with Crippen LogP contribution in [0, 0.1) is 0 Å². The van der Waals surface area contributed by atoms with E-state index >= 15 is 0 Å². The van der Waals surface area contributed by atoms with Gasteiger partial charge in [0.15, 0.2) is 0 Å². The number of ether oxygens (including phenoxy) is 1. The maximum atomic E-state index is 11.8. The zero-order chi connectivity index (χ0) is 12.1. The van der Waals surface area contributed by atoms with Crippen LogP contribution < -0.4 is 10.6 Å². The van der Waals surface area contributed by atoms with Crippen molar-refractivity contribution >= 4 is 21.8 Å². The lowest BCUT2D eigenvalue weighted by Gasteiger charge is -2.22. The van der Waals surface area contributed by atoms with Crippen molar-refractivity contribution in [3.63, 3.8) is 0 Å². The smallest absolute Gasteiger partial charge is 0.250 e. The highest BCUT2D eigenvalue weighted by molar-refractivity contribution is 9.10. The molecule has 0 aromatic heterocycles. The van der Waals surface area contributed by atoms with E-state index in [4.69, 9.17) is 4.74 Å². The van der Waals surface area contributed by atoms with Crippen molar-refractivity contribution < 1.29 is 9.53 Å². The van der Waals surface area contributed by atoms with Crippen molar-refractivity contribution in [2.45, 2.75) is 12.6 Å². The Hall–Kier alpha value is -0.910. The Labute approximate surface area is 109 Å². The number of morpholine rings is 1. The average Bonchev–Trinajstić information content (AvgIpc) is 2.38. The van der Waals surface area contributed by atoms with Gasteiger partial charge in [-0.1, -0.05) is 34.1 Å². The molecule has 0 spiro atoms. The van der Waals surface area contributed by atoms with E-state index in [9.17, 15) is 4.79 Å². The molecule has 1 heterocycles. The van der Waals surface area contributed by atoms with Crippen molar-refractivity contribution in [3.05, 3.63) is 34.3 Å². The maximum Gasteiger partial charge on any atom is 0.250 e. The number of halogens is 1. The Bertz CT molecular complexity index is 392. The molecule has 1 aliphatic heterocycles. The minimum absolute atomic E-state index is 0.0621. The summed E-state index contributed by atoms with van der Waals surface area (Å²) in [4.78, 5) is 11.8. The number of hydrogen-bond donors (Lipinski definition) is 2. The number of nitrogens with one attached hydrogen (secondary N) is 2. The molecule has 1 fully saturated rings. The van der Waals surface area contributed by atoms with Crippen molar-refractivity contribution in [3.8, 4) is 0 Å². The number of benzene rings is 1. The predicted molar refractivity (Wildman–Crippen MR) is 68.6 cm³/mol. The fraction of sp³-hybridized carbons (Fsp3) is 0.417. The zero-order valence-electron chi connectivity index (χ0n) is 9.41. The van der Waals surface area contributed by atoms with E-state index in [0.717, 1.165) is 16.6 Å². The largest absolute Gasteiger partial charge is 0.366 e. The minimum Gasteiger partial charge on any atom is -0.366 e. The number of rotatable bonds is 3. The summed E-state index contributed by atoms with van der Waals surface area (Å²) >= 11 is 3.45. The van der Waals surface area contributed by atoms with Crippen LogP contribution in [0.1, 0.15) is 5.56 Å². The monoisotopic (exact) mass is 298 g/mol. The fourth-order valence-electron chi connectivity index (χ4n) is 1.67. The Morgan fingerprint density at radius 3 is 3.06 bits per heavy atom. The molecular weight excluding hydrogens is 284 g/mol. The lowest BCUT2D eigenvalue weighted by atomic mass is 10.2. The molecule has 17 heavy (non-hydrogen) atoms. The molecule has 1 aromatic rings. The molecule has 0 bridgehead atoms. The first-order chi connectivity index (χ1) is 8.27. The normalized spacial score (nSPS) is 19.9. The first-order valence-electron chi connectivity index (χ1n) is 5.61. The molecule has 5 heteroatoms. The minimum atomic E-state index is -0.369. The second-order valence-electron chi connectivity index (χ2n) is 3.87. The number of carbonyl (C=O) groups excluding carboxylic acids is 1. The quantitative estimate of drug-likeness (QED) is 0.877. The lowest BCUT2D eigenvalue weighted by molar-refractivity contribution is -0.134. The molecule has 0 radical (unpaired) electrons. The molecule has 1 saturated heterocycles. The summed E-state index contributed by atoms with van der Waals surface area (Å²) in [5, 5.41) is 6.01. The lowest BCUT2D eigenvalue weighted by Crippen LogP contribution is -2.47. The van der Waals surface area contributed by atoms with Gasteiger partial charge in [0.2, 0.25) is 0 Å². The van der Waals surface area contributed by atoms with Crippen molar-refractivity contribution in [1.82, 2.24) is 10.6 Å². The van der Waals surface area contributed by atoms with Gasteiger partial charge in [-0.05, 0) is 11.6 Å². The third-order valence-electron chi connectivity index (χ3n) is 2.63. The third-order valence-corrected chi connectivity index (χ3v) is 3.40. The first kappa shape index (κ1) is 12.5. The summed E-state index contributed by atoms with van der Waals surface area (Å²) in [5.41, 5.74) is 1.06. The van der Waals surface area contributed by atoms with Crippen LogP contribution in [-0.4, -0.2) is 31.7 Å². The van der Waals surface area contributed by atoms with Gasteiger partial charge in [-0.15, -0.1) is 0 Å². The summed E-state index contributed by atoms with van der Waals surface area (Å²) in [5.74, 6) is -0.0621. The van der Waals surface area contributed by atoms with E-state index in [1.807, 2.05) is 24.3 Å². The molecule has 2 rings (SSSR count). The Kier molecular flexibility index (Phi) is 4.53. The third kappa shape index (κ3) is 3.52. The van der Waals surface area contributed by atoms with Gasteiger partial charge in [-0.2, -0.15) is 0 Å². The van der Waals surface area contributed by atoms with Crippen LogP contribution in [-0.2, 0) is 16.1 Å². The summed E-state index contributed by atoms with van der Waals surface area (Å²) in [6.07, 6.45) is -0.369. The highest BCUT2D eigenvalue weighted by Crippen LogP contribution is 2.15. The predicted octanol–water partition coefficient (Wildman–Crippen LogP) is 1.05. The highest BCUT2D eigenvalue weighted by atomic mass is 79.9. The molecule has 1 aliphatic rings. The second-order valence-corrected chi connectivity index (χ2v) is 4.73. The van der Waals surface area contributed by atoms with Gasteiger partial charge in [-0.25, -0.2) is 0 Å². The van der Waals surface area contributed by atoms with E-state index < -0.39 is 0 Å². The van der Waals surface area contributed by atoms with Crippen LogP contribution in [0.4, 0.5) is 0 Å². The number of amides is 1. The van der Waals surface area contributed by atoms with Crippen molar-refractivity contribution in [1.29, 1.82) is 0 Å². The molecule has 4 nitrogen and oxygen atoms in total. The topological polar surface area (TPSA) is 50.4 Å². The van der Waals surface area contributed by atoms with E-state index in [1.54, 1.807) is 0 Å². The van der Waals surface area contributed by atoms with E-state index in [2.05, 4.69) is 26.6 Å². The Balaban J connectivity index is 1.85. The molecule has 0 saturated carbocycles. The average molecular weight is 299 g/mol. The Morgan fingerprint density at radius 1 is 1.53 bits per heavy atom. The van der Waals surface area contributed by atoms with Crippen LogP contribution in [0.3, 0.4) is 0 Å². The number of carbonyl (C=O) groups is 1. The van der Waals surface area contributed by atoms with Gasteiger partial charge < -0.3 is 15.4 Å². The maximum absolute atomic E-state index is 11.8. The Morgan fingerprint density at radius 2 is 2.35 bits per heavy atom. The molecule has 92 valence electrons. The van der Waals surface area contributed by atoms with E-state index in [0.29, 0.717) is 19.7 Å². The molecule has 1 atom stereocenters. The first-order valence-corrected chi connectivity index (χ1v) is 6.40. The molecule has 1 amide bonds. The van der Waals surface area contributed by atoms with Crippen molar-refractivity contribution in [2.24, 2.45) is 0 Å². The van der Waals surface area contributed by atoms with E-state index in [-0.39, 0.29) is 12.0 Å². The molecule has 1 unspecified atom stereocenters.